The zero-order valence-corrected chi connectivity index (χ0v) is 17.3. The minimum absolute atomic E-state index is 0.0285. The van der Waals surface area contributed by atoms with Crippen molar-refractivity contribution in [1.29, 1.82) is 0 Å². The van der Waals surface area contributed by atoms with Crippen LogP contribution in [0.25, 0.3) is 0 Å². The quantitative estimate of drug-likeness (QED) is 0.571. The first-order valence-electron chi connectivity index (χ1n) is 9.21. The smallest absolute Gasteiger partial charge is 0.174 e. The topological polar surface area (TPSA) is 28.2 Å². The molecule has 138 valence electrons. The Labute approximate surface area is 170 Å². The van der Waals surface area contributed by atoms with E-state index in [0.717, 1.165) is 16.5 Å². The molecule has 3 aromatic rings. The number of nitrogens with one attached hydrogen (secondary N) is 1. The first-order chi connectivity index (χ1) is 13.1. The molecule has 0 bridgehead atoms. The van der Waals surface area contributed by atoms with Gasteiger partial charge in [0.1, 0.15) is 0 Å². The highest BCUT2D eigenvalue weighted by molar-refractivity contribution is 7.80. The molecule has 1 aromatic carbocycles. The number of thiophene rings is 1. The lowest BCUT2D eigenvalue weighted by atomic mass is 9.99. The highest BCUT2D eigenvalue weighted by Gasteiger charge is 2.41. The molecule has 0 unspecified atom stereocenters. The van der Waals surface area contributed by atoms with Crippen molar-refractivity contribution in [3.05, 3.63) is 81.8 Å². The fourth-order valence-electron chi connectivity index (χ4n) is 3.61. The molecule has 0 radical (unpaired) electrons. The van der Waals surface area contributed by atoms with Gasteiger partial charge in [0.2, 0.25) is 0 Å². The van der Waals surface area contributed by atoms with E-state index in [1.807, 2.05) is 18.3 Å². The van der Waals surface area contributed by atoms with E-state index in [0.29, 0.717) is 5.92 Å². The molecule has 2 atom stereocenters. The van der Waals surface area contributed by atoms with Crippen LogP contribution in [0.5, 0.6) is 0 Å². The molecule has 3 heterocycles. The van der Waals surface area contributed by atoms with Crippen molar-refractivity contribution in [2.75, 3.05) is 4.90 Å². The van der Waals surface area contributed by atoms with Gasteiger partial charge in [-0.25, -0.2) is 0 Å². The highest BCUT2D eigenvalue weighted by atomic mass is 32.1. The van der Waals surface area contributed by atoms with Crippen molar-refractivity contribution in [2.24, 2.45) is 0 Å². The zero-order valence-electron chi connectivity index (χ0n) is 15.7. The van der Waals surface area contributed by atoms with Gasteiger partial charge in [0.15, 0.2) is 5.11 Å². The summed E-state index contributed by atoms with van der Waals surface area (Å²) in [5, 5.41) is 6.43. The number of hydrogen-bond acceptors (Lipinski definition) is 3. The third kappa shape index (κ3) is 3.37. The fourth-order valence-corrected chi connectivity index (χ4v) is 5.01. The summed E-state index contributed by atoms with van der Waals surface area (Å²) >= 11 is 7.55. The van der Waals surface area contributed by atoms with Crippen molar-refractivity contribution in [3.8, 4) is 0 Å². The average Bonchev–Trinajstić information content (AvgIpc) is 3.25. The molecule has 0 aliphatic carbocycles. The fraction of sp³-hybridized carbons (Fsp3) is 0.273. The molecule has 2 aromatic heterocycles. The maximum Gasteiger partial charge on any atom is 0.174 e. The largest absolute Gasteiger partial charge is 0.351 e. The van der Waals surface area contributed by atoms with E-state index in [1.54, 1.807) is 11.3 Å². The number of pyridine rings is 1. The van der Waals surface area contributed by atoms with Crippen LogP contribution in [0, 0.1) is 6.92 Å². The number of hydrogen-bond donors (Lipinski definition) is 1. The first kappa shape index (κ1) is 18.1. The molecule has 1 fully saturated rings. The van der Waals surface area contributed by atoms with Gasteiger partial charge in [0.25, 0.3) is 0 Å². The second-order valence-corrected chi connectivity index (χ2v) is 8.55. The van der Waals surface area contributed by atoms with E-state index in [2.05, 4.69) is 77.8 Å². The van der Waals surface area contributed by atoms with Crippen LogP contribution >= 0.6 is 23.6 Å². The molecule has 1 N–H and O–H groups in total. The van der Waals surface area contributed by atoms with E-state index in [1.165, 1.54) is 16.0 Å². The Bertz CT molecular complexity index is 932. The van der Waals surface area contributed by atoms with Crippen LogP contribution in [0.4, 0.5) is 5.69 Å². The van der Waals surface area contributed by atoms with E-state index in [4.69, 9.17) is 12.2 Å². The summed E-state index contributed by atoms with van der Waals surface area (Å²) in [6.07, 6.45) is 1.85. The second kappa shape index (κ2) is 7.41. The molecule has 27 heavy (non-hydrogen) atoms. The van der Waals surface area contributed by atoms with Crippen LogP contribution in [0.3, 0.4) is 0 Å². The summed E-state index contributed by atoms with van der Waals surface area (Å²) in [5.74, 6) is 0.513. The van der Waals surface area contributed by atoms with Gasteiger partial charge in [0, 0.05) is 16.8 Å². The number of anilines is 1. The number of benzene rings is 1. The highest BCUT2D eigenvalue weighted by Crippen LogP contribution is 2.44. The Balaban J connectivity index is 1.79. The molecule has 0 spiro atoms. The molecule has 1 aliphatic heterocycles. The first-order valence-corrected chi connectivity index (χ1v) is 10.5. The van der Waals surface area contributed by atoms with Crippen LogP contribution in [-0.4, -0.2) is 10.1 Å². The monoisotopic (exact) mass is 393 g/mol. The Morgan fingerprint density at radius 2 is 1.89 bits per heavy atom. The Kier molecular flexibility index (Phi) is 4.98. The van der Waals surface area contributed by atoms with Gasteiger partial charge in [-0.15, -0.1) is 11.3 Å². The third-order valence-corrected chi connectivity index (χ3v) is 6.51. The molecule has 3 nitrogen and oxygen atoms in total. The molecule has 1 aliphatic rings. The standard InChI is InChI=1S/C22H23N3S2/c1-14(2)16-7-9-17(10-8-16)25-20(21-15(3)11-13-27-21)19(24-22(25)26)18-6-4-5-12-23-18/h4-14,19-20H,1-3H3,(H,24,26)/t19-,20+/m1/s1. The minimum Gasteiger partial charge on any atom is -0.351 e. The van der Waals surface area contributed by atoms with E-state index in [-0.39, 0.29) is 12.1 Å². The number of aryl methyl sites for hydroxylation is 1. The van der Waals surface area contributed by atoms with Crippen LogP contribution in [0.2, 0.25) is 0 Å². The molecular weight excluding hydrogens is 370 g/mol. The van der Waals surface area contributed by atoms with Crippen LogP contribution in [-0.2, 0) is 0 Å². The van der Waals surface area contributed by atoms with Gasteiger partial charge >= 0.3 is 0 Å². The van der Waals surface area contributed by atoms with Crippen molar-refractivity contribution in [2.45, 2.75) is 38.8 Å². The van der Waals surface area contributed by atoms with Crippen molar-refractivity contribution in [3.63, 3.8) is 0 Å². The predicted molar refractivity (Wildman–Crippen MR) is 118 cm³/mol. The van der Waals surface area contributed by atoms with Crippen molar-refractivity contribution < 1.29 is 0 Å². The van der Waals surface area contributed by atoms with Crippen LogP contribution < -0.4 is 10.2 Å². The summed E-state index contributed by atoms with van der Waals surface area (Å²) in [5.41, 5.74) is 4.76. The Hall–Kier alpha value is -2.24. The van der Waals surface area contributed by atoms with Gasteiger partial charge < -0.3 is 10.2 Å². The molecule has 0 saturated carbocycles. The van der Waals surface area contributed by atoms with Gasteiger partial charge in [-0.05, 0) is 71.9 Å². The van der Waals surface area contributed by atoms with Gasteiger partial charge in [-0.1, -0.05) is 32.0 Å². The summed E-state index contributed by atoms with van der Waals surface area (Å²) in [6.45, 7) is 6.60. The van der Waals surface area contributed by atoms with Crippen LogP contribution in [0.1, 0.15) is 53.5 Å². The zero-order chi connectivity index (χ0) is 19.0. The summed E-state index contributed by atoms with van der Waals surface area (Å²) in [7, 11) is 0. The lowest BCUT2D eigenvalue weighted by Gasteiger charge is -2.28. The SMILES string of the molecule is Cc1ccsc1[C@@H]1[C@@H](c2ccccn2)NC(=S)N1c1ccc(C(C)C)cc1. The Morgan fingerprint density at radius 1 is 1.11 bits per heavy atom. The molecule has 0 amide bonds. The molecule has 5 heteroatoms. The minimum atomic E-state index is 0.0285. The van der Waals surface area contributed by atoms with E-state index in [9.17, 15) is 0 Å². The lowest BCUT2D eigenvalue weighted by molar-refractivity contribution is 0.573. The van der Waals surface area contributed by atoms with Crippen molar-refractivity contribution >= 4 is 34.4 Å². The average molecular weight is 394 g/mol. The number of nitrogens with zero attached hydrogens (tertiary/aromatic N) is 2. The molecular formula is C22H23N3S2. The Morgan fingerprint density at radius 3 is 2.48 bits per heavy atom. The van der Waals surface area contributed by atoms with Gasteiger partial charge in [-0.3, -0.25) is 4.98 Å². The summed E-state index contributed by atoms with van der Waals surface area (Å²) in [4.78, 5) is 8.18. The summed E-state index contributed by atoms with van der Waals surface area (Å²) in [6, 6.07) is 17.1. The maximum absolute atomic E-state index is 5.77. The number of rotatable bonds is 4. The third-order valence-electron chi connectivity index (χ3n) is 5.11. The molecule has 4 rings (SSSR count). The lowest BCUT2D eigenvalue weighted by Crippen LogP contribution is -2.29. The summed E-state index contributed by atoms with van der Waals surface area (Å²) < 4.78 is 0. The number of aromatic nitrogens is 1. The normalized spacial score (nSPS) is 19.6. The molecule has 1 saturated heterocycles. The van der Waals surface area contributed by atoms with Crippen LogP contribution in [0.15, 0.2) is 60.1 Å². The maximum atomic E-state index is 5.77. The van der Waals surface area contributed by atoms with Crippen molar-refractivity contribution in [1.82, 2.24) is 10.3 Å². The van der Waals surface area contributed by atoms with Gasteiger partial charge in [-0.2, -0.15) is 0 Å². The van der Waals surface area contributed by atoms with Gasteiger partial charge in [0.05, 0.1) is 17.8 Å². The number of thiocarbonyl (C=S) groups is 1. The van der Waals surface area contributed by atoms with E-state index < -0.39 is 0 Å². The predicted octanol–water partition coefficient (Wildman–Crippen LogP) is 5.75. The second-order valence-electron chi connectivity index (χ2n) is 7.21. The van der Waals surface area contributed by atoms with E-state index >= 15 is 0 Å².